The molecule has 2 fully saturated rings. The summed E-state index contributed by atoms with van der Waals surface area (Å²) in [6.07, 6.45) is 15.0. The zero-order chi connectivity index (χ0) is 20.7. The highest BCUT2D eigenvalue weighted by molar-refractivity contribution is 5.95. The molecular formula is C25H33N3O2. The summed E-state index contributed by atoms with van der Waals surface area (Å²) < 4.78 is 8.70. The van der Waals surface area contributed by atoms with Crippen LogP contribution in [0.2, 0.25) is 0 Å². The molecule has 2 aromatic rings. The average molecular weight is 408 g/mol. The molecule has 5 nitrogen and oxygen atoms in total. The molecule has 160 valence electrons. The van der Waals surface area contributed by atoms with Crippen LogP contribution >= 0.6 is 0 Å². The first-order valence-corrected chi connectivity index (χ1v) is 11.7. The zero-order valence-electron chi connectivity index (χ0n) is 18.3. The lowest BCUT2D eigenvalue weighted by atomic mass is 9.89. The van der Waals surface area contributed by atoms with Gasteiger partial charge in [-0.25, -0.2) is 0 Å². The van der Waals surface area contributed by atoms with Gasteiger partial charge in [0.15, 0.2) is 0 Å². The highest BCUT2D eigenvalue weighted by atomic mass is 16.5. The lowest BCUT2D eigenvalue weighted by Gasteiger charge is -2.36. The van der Waals surface area contributed by atoms with Crippen molar-refractivity contribution >= 4 is 11.6 Å². The number of hydrogen-bond acceptors (Lipinski definition) is 3. The van der Waals surface area contributed by atoms with Crippen molar-refractivity contribution in [2.45, 2.75) is 83.7 Å². The second-order valence-corrected chi connectivity index (χ2v) is 9.47. The van der Waals surface area contributed by atoms with E-state index in [4.69, 9.17) is 4.74 Å². The van der Waals surface area contributed by atoms with Crippen molar-refractivity contribution in [3.8, 4) is 16.9 Å². The van der Waals surface area contributed by atoms with Crippen LogP contribution in [-0.4, -0.2) is 28.3 Å². The average Bonchev–Trinajstić information content (AvgIpc) is 3.49. The van der Waals surface area contributed by atoms with Gasteiger partial charge in [0.05, 0.1) is 24.5 Å². The first-order valence-electron chi connectivity index (χ1n) is 11.7. The van der Waals surface area contributed by atoms with E-state index >= 15 is 0 Å². The van der Waals surface area contributed by atoms with E-state index < -0.39 is 0 Å². The Bertz CT molecular complexity index is 924. The second-order valence-electron chi connectivity index (χ2n) is 9.47. The fraction of sp³-hybridized carbons (Fsp3) is 0.600. The first-order chi connectivity index (χ1) is 14.6. The van der Waals surface area contributed by atoms with Crippen molar-refractivity contribution in [2.24, 2.45) is 5.92 Å². The number of nitrogens with zero attached hydrogens (tertiary/aromatic N) is 3. The molecule has 0 radical (unpaired) electrons. The van der Waals surface area contributed by atoms with E-state index in [9.17, 15) is 4.79 Å². The van der Waals surface area contributed by atoms with Crippen molar-refractivity contribution in [1.29, 1.82) is 0 Å². The van der Waals surface area contributed by atoms with Gasteiger partial charge in [0.25, 0.3) is 0 Å². The highest BCUT2D eigenvalue weighted by Gasteiger charge is 2.31. The van der Waals surface area contributed by atoms with E-state index in [1.807, 2.05) is 11.1 Å². The number of carbonyl (C=O) groups excluding carboxylic acids is 1. The molecular weight excluding hydrogens is 374 g/mol. The van der Waals surface area contributed by atoms with Crippen molar-refractivity contribution in [1.82, 2.24) is 9.78 Å². The van der Waals surface area contributed by atoms with E-state index in [2.05, 4.69) is 35.0 Å². The van der Waals surface area contributed by atoms with Crippen LogP contribution in [0, 0.1) is 5.92 Å². The van der Waals surface area contributed by atoms with Crippen LogP contribution in [0.1, 0.15) is 76.8 Å². The SMILES string of the molecule is CC(=O)N1c2ccc(-c3cnn(C4CC4)c3)c(OCC3CCCCC3)c2CC[C@@H]1C. The molecule has 1 aliphatic heterocycles. The Balaban J connectivity index is 1.52. The molecule has 1 atom stereocenters. The summed E-state index contributed by atoms with van der Waals surface area (Å²) in [7, 11) is 0. The molecule has 30 heavy (non-hydrogen) atoms. The molecule has 5 rings (SSSR count). The van der Waals surface area contributed by atoms with Gasteiger partial charge in [-0.15, -0.1) is 0 Å². The Morgan fingerprint density at radius 1 is 1.13 bits per heavy atom. The number of aromatic nitrogens is 2. The zero-order valence-corrected chi connectivity index (χ0v) is 18.3. The smallest absolute Gasteiger partial charge is 0.224 e. The molecule has 0 N–H and O–H groups in total. The molecule has 1 amide bonds. The fourth-order valence-electron chi connectivity index (χ4n) is 5.25. The number of carbonyl (C=O) groups is 1. The largest absolute Gasteiger partial charge is 0.492 e. The highest BCUT2D eigenvalue weighted by Crippen LogP contribution is 2.44. The van der Waals surface area contributed by atoms with Gasteiger partial charge in [-0.05, 0) is 63.5 Å². The minimum absolute atomic E-state index is 0.107. The van der Waals surface area contributed by atoms with E-state index in [1.165, 1.54) is 50.5 Å². The fourth-order valence-corrected chi connectivity index (χ4v) is 5.25. The van der Waals surface area contributed by atoms with Gasteiger partial charge in [-0.3, -0.25) is 9.48 Å². The molecule has 0 unspecified atom stereocenters. The predicted octanol–water partition coefficient (Wildman–Crippen LogP) is 5.53. The summed E-state index contributed by atoms with van der Waals surface area (Å²) >= 11 is 0. The maximum absolute atomic E-state index is 12.4. The minimum Gasteiger partial charge on any atom is -0.492 e. The normalized spacial score (nSPS) is 22.1. The van der Waals surface area contributed by atoms with Crippen molar-refractivity contribution in [2.75, 3.05) is 11.5 Å². The maximum atomic E-state index is 12.4. The van der Waals surface area contributed by atoms with Crippen molar-refractivity contribution < 1.29 is 9.53 Å². The number of amides is 1. The molecule has 0 saturated heterocycles. The van der Waals surface area contributed by atoms with Gasteiger partial charge in [0.1, 0.15) is 5.75 Å². The third-order valence-electron chi connectivity index (χ3n) is 7.11. The van der Waals surface area contributed by atoms with Gasteiger partial charge in [0.2, 0.25) is 5.91 Å². The van der Waals surface area contributed by atoms with Crippen LogP contribution in [0.5, 0.6) is 5.75 Å². The maximum Gasteiger partial charge on any atom is 0.224 e. The minimum atomic E-state index is 0.107. The van der Waals surface area contributed by atoms with E-state index in [-0.39, 0.29) is 11.9 Å². The number of hydrogen-bond donors (Lipinski definition) is 0. The standard InChI is InChI=1S/C25H33N3O2/c1-17-8-11-23-24(28(17)18(2)29)13-12-22(20-14-26-27(15-20)21-9-10-21)25(23)30-16-19-6-4-3-5-7-19/h12-15,17,19,21H,3-11,16H2,1-2H3/t17-/m0/s1. The lowest BCUT2D eigenvalue weighted by Crippen LogP contribution is -2.40. The Morgan fingerprint density at radius 2 is 1.93 bits per heavy atom. The van der Waals surface area contributed by atoms with Crippen molar-refractivity contribution in [3.05, 3.63) is 30.1 Å². The quantitative estimate of drug-likeness (QED) is 0.654. The number of rotatable bonds is 5. The van der Waals surface area contributed by atoms with Crippen LogP contribution in [0.25, 0.3) is 11.1 Å². The lowest BCUT2D eigenvalue weighted by molar-refractivity contribution is -0.117. The van der Waals surface area contributed by atoms with E-state index in [1.54, 1.807) is 6.92 Å². The molecule has 0 bridgehead atoms. The van der Waals surface area contributed by atoms with Crippen LogP contribution in [0.15, 0.2) is 24.5 Å². The first kappa shape index (κ1) is 19.7. The summed E-state index contributed by atoms with van der Waals surface area (Å²) in [6, 6.07) is 5.04. The van der Waals surface area contributed by atoms with Crippen LogP contribution in [0.3, 0.4) is 0 Å². The van der Waals surface area contributed by atoms with Crippen LogP contribution in [0.4, 0.5) is 5.69 Å². The Hall–Kier alpha value is -2.30. The van der Waals surface area contributed by atoms with Gasteiger partial charge in [0, 0.05) is 35.9 Å². The van der Waals surface area contributed by atoms with Crippen LogP contribution < -0.4 is 9.64 Å². The third-order valence-corrected chi connectivity index (χ3v) is 7.11. The molecule has 1 aromatic carbocycles. The Morgan fingerprint density at radius 3 is 2.67 bits per heavy atom. The predicted molar refractivity (Wildman–Crippen MR) is 119 cm³/mol. The van der Waals surface area contributed by atoms with Crippen LogP contribution in [-0.2, 0) is 11.2 Å². The summed E-state index contributed by atoms with van der Waals surface area (Å²) in [6.45, 7) is 4.58. The second kappa shape index (κ2) is 8.09. The number of fused-ring (bicyclic) bond motifs is 1. The van der Waals surface area contributed by atoms with E-state index in [0.29, 0.717) is 12.0 Å². The summed E-state index contributed by atoms with van der Waals surface area (Å²) in [5.74, 6) is 1.73. The number of ether oxygens (including phenoxy) is 1. The van der Waals surface area contributed by atoms with Gasteiger partial charge < -0.3 is 9.64 Å². The topological polar surface area (TPSA) is 47.4 Å². The van der Waals surface area contributed by atoms with Gasteiger partial charge >= 0.3 is 0 Å². The number of anilines is 1. The summed E-state index contributed by atoms with van der Waals surface area (Å²) in [5.41, 5.74) is 4.46. The summed E-state index contributed by atoms with van der Waals surface area (Å²) in [4.78, 5) is 14.3. The number of benzene rings is 1. The molecule has 5 heteroatoms. The van der Waals surface area contributed by atoms with E-state index in [0.717, 1.165) is 42.0 Å². The third kappa shape index (κ3) is 3.75. The molecule has 2 saturated carbocycles. The molecule has 2 heterocycles. The monoisotopic (exact) mass is 407 g/mol. The Kier molecular flexibility index (Phi) is 5.30. The van der Waals surface area contributed by atoms with Gasteiger partial charge in [-0.2, -0.15) is 5.10 Å². The van der Waals surface area contributed by atoms with Gasteiger partial charge in [-0.1, -0.05) is 19.3 Å². The summed E-state index contributed by atoms with van der Waals surface area (Å²) in [5, 5.41) is 4.61. The Labute approximate surface area is 179 Å². The molecule has 1 aromatic heterocycles. The molecule has 3 aliphatic rings. The van der Waals surface area contributed by atoms with Crippen molar-refractivity contribution in [3.63, 3.8) is 0 Å². The molecule has 0 spiro atoms. The molecule has 2 aliphatic carbocycles.